The molecule has 0 aliphatic heterocycles. The maximum atomic E-state index is 12.6. The van der Waals surface area contributed by atoms with Crippen molar-refractivity contribution < 1.29 is 24.6 Å². The van der Waals surface area contributed by atoms with Crippen molar-refractivity contribution in [3.05, 3.63) is 0 Å². The van der Waals surface area contributed by atoms with E-state index in [1.54, 1.807) is 6.92 Å². The Morgan fingerprint density at radius 3 is 2.52 bits per heavy atom. The third kappa shape index (κ3) is 2.35. The molecule has 0 saturated heterocycles. The van der Waals surface area contributed by atoms with E-state index in [0.717, 1.165) is 25.7 Å². The molecule has 0 spiro atoms. The minimum absolute atomic E-state index is 0.0652. The van der Waals surface area contributed by atoms with Crippen LogP contribution in [0.1, 0.15) is 58.8 Å². The van der Waals surface area contributed by atoms with E-state index in [-0.39, 0.29) is 60.1 Å². The lowest BCUT2D eigenvalue weighted by Gasteiger charge is -2.54. The first-order valence-corrected chi connectivity index (χ1v) is 8.67. The van der Waals surface area contributed by atoms with Crippen LogP contribution in [0.5, 0.6) is 0 Å². The van der Waals surface area contributed by atoms with Crippen molar-refractivity contribution in [2.75, 3.05) is 0 Å². The molecule has 5 nitrogen and oxygen atoms in total. The zero-order valence-electron chi connectivity index (χ0n) is 13.9. The molecule has 0 unspecified atom stereocenters. The molecule has 5 heteroatoms. The van der Waals surface area contributed by atoms with E-state index in [1.165, 1.54) is 0 Å². The number of rotatable bonds is 3. The number of hydrogen-bond acceptors (Lipinski definition) is 4. The Balaban J connectivity index is 1.93. The normalized spacial score (nSPS) is 46.4. The fourth-order valence-electron chi connectivity index (χ4n) is 5.79. The number of Topliss-reactive ketones (excluding diaryl/α,β-unsaturated/α-hetero) is 2. The van der Waals surface area contributed by atoms with Crippen LogP contribution in [0.3, 0.4) is 0 Å². The molecule has 3 aliphatic rings. The fraction of sp³-hybridized carbons (Fsp3) is 0.833. The number of hydrogen-bond donors (Lipinski definition) is 2. The lowest BCUT2D eigenvalue weighted by molar-refractivity contribution is -0.159. The summed E-state index contributed by atoms with van der Waals surface area (Å²) < 4.78 is 0. The first-order chi connectivity index (χ1) is 10.7. The second kappa shape index (κ2) is 5.40. The molecule has 0 aromatic heterocycles. The fourth-order valence-corrected chi connectivity index (χ4v) is 5.79. The highest BCUT2D eigenvalue weighted by molar-refractivity contribution is 6.39. The minimum atomic E-state index is -0.925. The maximum Gasteiger partial charge on any atom is 0.303 e. The standard InChI is InChI=1S/C18H26O5/c1-17-7-5-12-10(11(17)3-4-14(17)20)9-13(19)16(23)18(12,2)8-6-15(21)22/h10-12,14,20H,3-9H2,1-2H3,(H,21,22)/t10-,11+,12-,14+,17-,18+/m1/s1. The van der Waals surface area contributed by atoms with Crippen LogP contribution in [-0.2, 0) is 14.4 Å². The topological polar surface area (TPSA) is 91.7 Å². The van der Waals surface area contributed by atoms with Crippen molar-refractivity contribution >= 4 is 17.5 Å². The van der Waals surface area contributed by atoms with Crippen molar-refractivity contribution in [1.82, 2.24) is 0 Å². The molecule has 0 amide bonds. The van der Waals surface area contributed by atoms with Gasteiger partial charge in [0, 0.05) is 18.3 Å². The Hall–Kier alpha value is -1.23. The average Bonchev–Trinajstić information content (AvgIpc) is 2.79. The Morgan fingerprint density at radius 2 is 1.87 bits per heavy atom. The summed E-state index contributed by atoms with van der Waals surface area (Å²) in [6, 6.07) is 0. The zero-order valence-corrected chi connectivity index (χ0v) is 13.9. The number of carboxylic acids is 1. The second-order valence-electron chi connectivity index (χ2n) is 8.28. The number of carbonyl (C=O) groups is 3. The average molecular weight is 322 g/mol. The summed E-state index contributed by atoms with van der Waals surface area (Å²) in [7, 11) is 0. The highest BCUT2D eigenvalue weighted by atomic mass is 16.4. The first-order valence-electron chi connectivity index (χ1n) is 8.67. The molecule has 3 rings (SSSR count). The highest BCUT2D eigenvalue weighted by Gasteiger charge is 2.61. The van der Waals surface area contributed by atoms with Crippen LogP contribution in [0.25, 0.3) is 0 Å². The van der Waals surface area contributed by atoms with E-state index >= 15 is 0 Å². The summed E-state index contributed by atoms with van der Waals surface area (Å²) in [4.78, 5) is 35.9. The quantitative estimate of drug-likeness (QED) is 0.777. The predicted octanol–water partition coefficient (Wildman–Crippen LogP) is 2.20. The van der Waals surface area contributed by atoms with Crippen molar-refractivity contribution in [3.63, 3.8) is 0 Å². The SMILES string of the molecule is C[C@@]12CC[C@@H]3[C@H](CC(=O)C(=O)[C@@]3(C)CCC(=O)O)[C@@H]1CC[C@@H]2O. The molecule has 0 radical (unpaired) electrons. The van der Waals surface area contributed by atoms with Gasteiger partial charge in [0.25, 0.3) is 0 Å². The number of aliphatic hydroxyl groups excluding tert-OH is 1. The van der Waals surface area contributed by atoms with Crippen molar-refractivity contribution in [2.45, 2.75) is 64.9 Å². The van der Waals surface area contributed by atoms with Gasteiger partial charge in [0.2, 0.25) is 5.78 Å². The smallest absolute Gasteiger partial charge is 0.303 e. The molecule has 0 heterocycles. The second-order valence-corrected chi connectivity index (χ2v) is 8.28. The van der Waals surface area contributed by atoms with Gasteiger partial charge in [-0.05, 0) is 55.3 Å². The number of aliphatic hydroxyl groups is 1. The van der Waals surface area contributed by atoms with Crippen LogP contribution in [0, 0.1) is 28.6 Å². The molecule has 0 aromatic carbocycles. The van der Waals surface area contributed by atoms with Crippen molar-refractivity contribution in [2.24, 2.45) is 28.6 Å². The Morgan fingerprint density at radius 1 is 1.17 bits per heavy atom. The van der Waals surface area contributed by atoms with Crippen LogP contribution in [-0.4, -0.2) is 33.9 Å². The molecule has 2 N–H and O–H groups in total. The van der Waals surface area contributed by atoms with Gasteiger partial charge in [-0.2, -0.15) is 0 Å². The van der Waals surface area contributed by atoms with Gasteiger partial charge < -0.3 is 10.2 Å². The van der Waals surface area contributed by atoms with Gasteiger partial charge in [-0.25, -0.2) is 0 Å². The third-order valence-corrected chi connectivity index (χ3v) is 7.26. The molecular weight excluding hydrogens is 296 g/mol. The summed E-state index contributed by atoms with van der Waals surface area (Å²) in [6.45, 7) is 3.90. The van der Waals surface area contributed by atoms with Gasteiger partial charge in [0.1, 0.15) is 0 Å². The molecule has 3 aliphatic carbocycles. The molecule has 23 heavy (non-hydrogen) atoms. The van der Waals surface area contributed by atoms with Gasteiger partial charge >= 0.3 is 5.97 Å². The Kier molecular flexibility index (Phi) is 3.90. The number of aliphatic carboxylic acids is 1. The minimum Gasteiger partial charge on any atom is -0.481 e. The monoisotopic (exact) mass is 322 g/mol. The van der Waals surface area contributed by atoms with Gasteiger partial charge in [-0.3, -0.25) is 14.4 Å². The van der Waals surface area contributed by atoms with Crippen molar-refractivity contribution in [1.29, 1.82) is 0 Å². The van der Waals surface area contributed by atoms with Crippen LogP contribution in [0.15, 0.2) is 0 Å². The molecular formula is C18H26O5. The largest absolute Gasteiger partial charge is 0.481 e. The lowest BCUT2D eigenvalue weighted by Crippen LogP contribution is -2.55. The Bertz CT molecular complexity index is 556. The third-order valence-electron chi connectivity index (χ3n) is 7.26. The lowest BCUT2D eigenvalue weighted by atomic mass is 9.49. The number of carbonyl (C=O) groups excluding carboxylic acids is 2. The number of fused-ring (bicyclic) bond motifs is 3. The molecule has 3 saturated carbocycles. The maximum absolute atomic E-state index is 12.6. The van der Waals surface area contributed by atoms with Gasteiger partial charge in [0.15, 0.2) is 5.78 Å². The van der Waals surface area contributed by atoms with E-state index in [0.29, 0.717) is 0 Å². The van der Waals surface area contributed by atoms with E-state index in [1.807, 2.05) is 0 Å². The molecule has 0 bridgehead atoms. The summed E-state index contributed by atoms with van der Waals surface area (Å²) >= 11 is 0. The van der Waals surface area contributed by atoms with E-state index < -0.39 is 11.4 Å². The number of ketones is 2. The summed E-state index contributed by atoms with van der Waals surface area (Å²) in [5, 5.41) is 19.4. The first kappa shape index (κ1) is 16.6. The summed E-state index contributed by atoms with van der Waals surface area (Å²) in [5.41, 5.74) is -1.01. The predicted molar refractivity (Wildman–Crippen MR) is 82.7 cm³/mol. The molecule has 3 fully saturated rings. The zero-order chi connectivity index (χ0) is 17.0. The van der Waals surface area contributed by atoms with Gasteiger partial charge in [0.05, 0.1) is 6.10 Å². The molecule has 128 valence electrons. The van der Waals surface area contributed by atoms with Gasteiger partial charge in [-0.15, -0.1) is 0 Å². The van der Waals surface area contributed by atoms with E-state index in [4.69, 9.17) is 5.11 Å². The number of carboxylic acid groups (broad SMARTS) is 1. The van der Waals surface area contributed by atoms with E-state index in [9.17, 15) is 19.5 Å². The van der Waals surface area contributed by atoms with Crippen LogP contribution >= 0.6 is 0 Å². The Labute approximate surface area is 136 Å². The van der Waals surface area contributed by atoms with Crippen molar-refractivity contribution in [3.8, 4) is 0 Å². The summed E-state index contributed by atoms with van der Waals surface area (Å²) in [6.07, 6.45) is 3.41. The molecule has 0 aromatic rings. The van der Waals surface area contributed by atoms with Gasteiger partial charge in [-0.1, -0.05) is 13.8 Å². The highest BCUT2D eigenvalue weighted by Crippen LogP contribution is 2.62. The van der Waals surface area contributed by atoms with E-state index in [2.05, 4.69) is 6.92 Å². The van der Waals surface area contributed by atoms with Crippen LogP contribution in [0.4, 0.5) is 0 Å². The molecule has 6 atom stereocenters. The van der Waals surface area contributed by atoms with Crippen LogP contribution in [0.2, 0.25) is 0 Å². The summed E-state index contributed by atoms with van der Waals surface area (Å²) in [5.74, 6) is -1.21. The van der Waals surface area contributed by atoms with Crippen LogP contribution < -0.4 is 0 Å².